The number of hydrogen-bond donors (Lipinski definition) is 0. The third kappa shape index (κ3) is 5.31. The molecule has 1 aliphatic heterocycles. The zero-order valence-electron chi connectivity index (χ0n) is 18.7. The van der Waals surface area contributed by atoms with E-state index in [0.29, 0.717) is 66.9 Å². The van der Waals surface area contributed by atoms with Crippen molar-refractivity contribution in [3.63, 3.8) is 0 Å². The Morgan fingerprint density at radius 3 is 2.33 bits per heavy atom. The first kappa shape index (κ1) is 22.3. The van der Waals surface area contributed by atoms with Gasteiger partial charge in [0.15, 0.2) is 6.61 Å². The van der Waals surface area contributed by atoms with Crippen LogP contribution in [0, 0.1) is 6.92 Å². The first-order valence-corrected chi connectivity index (χ1v) is 10.8. The van der Waals surface area contributed by atoms with E-state index in [1.165, 1.54) is 0 Å². The first-order valence-electron chi connectivity index (χ1n) is 10.8. The third-order valence-corrected chi connectivity index (χ3v) is 5.45. The summed E-state index contributed by atoms with van der Waals surface area (Å²) in [5.74, 6) is 1.96. The van der Waals surface area contributed by atoms with Crippen molar-refractivity contribution in [3.8, 4) is 11.5 Å². The summed E-state index contributed by atoms with van der Waals surface area (Å²) in [6, 6.07) is 14.2. The number of para-hydroxylation sites is 1. The molecule has 4 rings (SSSR count). The maximum atomic E-state index is 13.0. The van der Waals surface area contributed by atoms with Crippen LogP contribution >= 0.6 is 0 Å². The minimum absolute atomic E-state index is 0.0677. The molecule has 0 spiro atoms. The van der Waals surface area contributed by atoms with Gasteiger partial charge in [-0.15, -0.1) is 0 Å². The molecule has 0 aliphatic carbocycles. The largest absolute Gasteiger partial charge is 0.496 e. The van der Waals surface area contributed by atoms with Gasteiger partial charge >= 0.3 is 0 Å². The van der Waals surface area contributed by atoms with Crippen LogP contribution in [0.25, 0.3) is 0 Å². The number of amides is 2. The Balaban J connectivity index is 1.34. The molecule has 2 amide bonds. The number of carbonyl (C=O) groups is 2. The summed E-state index contributed by atoms with van der Waals surface area (Å²) in [5.41, 5.74) is 1.11. The molecule has 172 valence electrons. The number of rotatable bonds is 6. The summed E-state index contributed by atoms with van der Waals surface area (Å²) in [4.78, 5) is 33.7. The van der Waals surface area contributed by atoms with Crippen molar-refractivity contribution in [1.82, 2.24) is 19.9 Å². The van der Waals surface area contributed by atoms with Gasteiger partial charge < -0.3 is 23.8 Å². The van der Waals surface area contributed by atoms with Crippen LogP contribution in [0.1, 0.15) is 38.9 Å². The topological polar surface area (TPSA) is 98.0 Å². The van der Waals surface area contributed by atoms with Crippen molar-refractivity contribution in [2.24, 2.45) is 0 Å². The zero-order chi connectivity index (χ0) is 23.2. The molecule has 1 aliphatic rings. The Morgan fingerprint density at radius 1 is 0.970 bits per heavy atom. The fourth-order valence-corrected chi connectivity index (χ4v) is 3.74. The third-order valence-electron chi connectivity index (χ3n) is 5.45. The normalized spacial score (nSPS) is 14.0. The van der Waals surface area contributed by atoms with Crippen LogP contribution in [0.4, 0.5) is 0 Å². The van der Waals surface area contributed by atoms with Gasteiger partial charge in [0, 0.05) is 38.7 Å². The van der Waals surface area contributed by atoms with E-state index < -0.39 is 0 Å². The second-order valence-corrected chi connectivity index (χ2v) is 7.68. The Labute approximate surface area is 191 Å². The van der Waals surface area contributed by atoms with E-state index in [-0.39, 0.29) is 18.4 Å². The Morgan fingerprint density at radius 2 is 1.67 bits per heavy atom. The molecule has 0 unspecified atom stereocenters. The Kier molecular flexibility index (Phi) is 6.87. The number of methoxy groups -OCH3 is 1. The van der Waals surface area contributed by atoms with Crippen LogP contribution in [0.5, 0.6) is 11.5 Å². The maximum absolute atomic E-state index is 13.0. The second-order valence-electron chi connectivity index (χ2n) is 7.68. The SMILES string of the molecule is COc1ccccc1C(=O)N1CCCN(C(=O)c2ccc(OCc3noc(C)n3)cc2)CC1. The van der Waals surface area contributed by atoms with Gasteiger partial charge in [-0.1, -0.05) is 17.3 Å². The zero-order valence-corrected chi connectivity index (χ0v) is 18.7. The number of hydrogen-bond acceptors (Lipinski definition) is 7. The summed E-state index contributed by atoms with van der Waals surface area (Å²) in [5, 5.41) is 3.79. The van der Waals surface area contributed by atoms with E-state index in [1.807, 2.05) is 12.1 Å². The van der Waals surface area contributed by atoms with Crippen LogP contribution in [0.3, 0.4) is 0 Å². The van der Waals surface area contributed by atoms with Crippen molar-refractivity contribution in [1.29, 1.82) is 0 Å². The van der Waals surface area contributed by atoms with Crippen LogP contribution in [0.15, 0.2) is 53.1 Å². The van der Waals surface area contributed by atoms with Crippen molar-refractivity contribution in [2.75, 3.05) is 33.3 Å². The highest BCUT2D eigenvalue weighted by Crippen LogP contribution is 2.21. The summed E-state index contributed by atoms with van der Waals surface area (Å²) >= 11 is 0. The van der Waals surface area contributed by atoms with Gasteiger partial charge in [0.1, 0.15) is 11.5 Å². The lowest BCUT2D eigenvalue weighted by atomic mass is 10.1. The summed E-state index contributed by atoms with van der Waals surface area (Å²) in [6.45, 7) is 4.01. The van der Waals surface area contributed by atoms with Crippen LogP contribution < -0.4 is 9.47 Å². The standard InChI is InChI=1S/C24H26N4O5/c1-17-25-22(26-33-17)16-32-19-10-8-18(9-11-19)23(29)27-12-5-13-28(15-14-27)24(30)20-6-3-4-7-21(20)31-2/h3-4,6-11H,5,12-16H2,1-2H3. The number of carbonyl (C=O) groups excluding carboxylic acids is 2. The van der Waals surface area contributed by atoms with E-state index in [1.54, 1.807) is 60.2 Å². The molecule has 0 atom stereocenters. The van der Waals surface area contributed by atoms with Crippen molar-refractivity contribution < 1.29 is 23.6 Å². The average Bonchev–Trinajstić information content (AvgIpc) is 3.12. The van der Waals surface area contributed by atoms with Crippen LogP contribution in [-0.4, -0.2) is 65.0 Å². The molecule has 9 heteroatoms. The van der Waals surface area contributed by atoms with Gasteiger partial charge in [-0.2, -0.15) is 4.98 Å². The highest BCUT2D eigenvalue weighted by Gasteiger charge is 2.25. The van der Waals surface area contributed by atoms with Gasteiger partial charge in [0.2, 0.25) is 11.7 Å². The smallest absolute Gasteiger partial charge is 0.257 e. The highest BCUT2D eigenvalue weighted by molar-refractivity contribution is 5.97. The minimum Gasteiger partial charge on any atom is -0.496 e. The number of ether oxygens (including phenoxy) is 2. The van der Waals surface area contributed by atoms with Crippen LogP contribution in [0.2, 0.25) is 0 Å². The van der Waals surface area contributed by atoms with Gasteiger partial charge in [-0.3, -0.25) is 9.59 Å². The molecule has 1 saturated heterocycles. The monoisotopic (exact) mass is 450 g/mol. The molecule has 3 aromatic rings. The van der Waals surface area contributed by atoms with E-state index in [4.69, 9.17) is 14.0 Å². The lowest BCUT2D eigenvalue weighted by molar-refractivity contribution is 0.0717. The van der Waals surface area contributed by atoms with Crippen molar-refractivity contribution in [3.05, 3.63) is 71.4 Å². The first-order chi connectivity index (χ1) is 16.0. The van der Waals surface area contributed by atoms with Crippen molar-refractivity contribution >= 4 is 11.8 Å². The fourth-order valence-electron chi connectivity index (χ4n) is 3.74. The average molecular weight is 450 g/mol. The predicted octanol–water partition coefficient (Wildman–Crippen LogP) is 2.95. The quantitative estimate of drug-likeness (QED) is 0.569. The number of aryl methyl sites for hydroxylation is 1. The van der Waals surface area contributed by atoms with E-state index in [0.717, 1.165) is 0 Å². The summed E-state index contributed by atoms with van der Waals surface area (Å²) in [7, 11) is 1.55. The molecule has 1 fully saturated rings. The number of nitrogens with zero attached hydrogens (tertiary/aromatic N) is 4. The molecular formula is C24H26N4O5. The lowest BCUT2D eigenvalue weighted by Crippen LogP contribution is -2.37. The maximum Gasteiger partial charge on any atom is 0.257 e. The van der Waals surface area contributed by atoms with Gasteiger partial charge in [-0.25, -0.2) is 0 Å². The Hall–Kier alpha value is -3.88. The molecule has 0 saturated carbocycles. The van der Waals surface area contributed by atoms with Gasteiger partial charge in [-0.05, 0) is 42.8 Å². The molecule has 2 heterocycles. The van der Waals surface area contributed by atoms with E-state index in [2.05, 4.69) is 10.1 Å². The lowest BCUT2D eigenvalue weighted by Gasteiger charge is -2.23. The highest BCUT2D eigenvalue weighted by atomic mass is 16.5. The van der Waals surface area contributed by atoms with Crippen molar-refractivity contribution in [2.45, 2.75) is 20.0 Å². The molecule has 0 N–H and O–H groups in total. The van der Waals surface area contributed by atoms with E-state index >= 15 is 0 Å². The Bertz CT molecular complexity index is 1110. The molecule has 2 aromatic carbocycles. The molecular weight excluding hydrogens is 424 g/mol. The number of aromatic nitrogens is 2. The molecule has 0 radical (unpaired) electrons. The predicted molar refractivity (Wildman–Crippen MR) is 119 cm³/mol. The molecule has 33 heavy (non-hydrogen) atoms. The summed E-state index contributed by atoms with van der Waals surface area (Å²) < 4.78 is 15.9. The number of benzene rings is 2. The molecule has 1 aromatic heterocycles. The molecule has 9 nitrogen and oxygen atoms in total. The fraction of sp³-hybridized carbons (Fsp3) is 0.333. The van der Waals surface area contributed by atoms with E-state index in [9.17, 15) is 9.59 Å². The molecule has 0 bridgehead atoms. The summed E-state index contributed by atoms with van der Waals surface area (Å²) in [6.07, 6.45) is 0.706. The van der Waals surface area contributed by atoms with Gasteiger partial charge in [0.05, 0.1) is 12.7 Å². The second kappa shape index (κ2) is 10.2. The minimum atomic E-state index is -0.0833. The van der Waals surface area contributed by atoms with Crippen LogP contribution in [-0.2, 0) is 6.61 Å². The van der Waals surface area contributed by atoms with Gasteiger partial charge in [0.25, 0.3) is 11.8 Å².